The van der Waals surface area contributed by atoms with Gasteiger partial charge in [-0.25, -0.2) is 4.39 Å². The molecule has 3 rings (SSSR count). The number of nitrogens with two attached hydrogens (primary N) is 1. The predicted molar refractivity (Wildman–Crippen MR) is 81.6 cm³/mol. The van der Waals surface area contributed by atoms with Gasteiger partial charge in [0.25, 0.3) is 0 Å². The van der Waals surface area contributed by atoms with Crippen molar-refractivity contribution in [2.24, 2.45) is 23.5 Å². The highest BCUT2D eigenvalue weighted by molar-refractivity contribution is 6.30. The number of halogens is 2. The minimum atomic E-state index is -0.517. The van der Waals surface area contributed by atoms with Crippen LogP contribution < -0.4 is 11.1 Å². The van der Waals surface area contributed by atoms with Crippen molar-refractivity contribution in [1.82, 2.24) is 0 Å². The molecule has 1 aromatic carbocycles. The third kappa shape index (κ3) is 3.06. The third-order valence-electron chi connectivity index (χ3n) is 4.97. The summed E-state index contributed by atoms with van der Waals surface area (Å²) in [6.07, 6.45) is 5.16. The summed E-state index contributed by atoms with van der Waals surface area (Å²) in [7, 11) is 0. The van der Waals surface area contributed by atoms with Crippen LogP contribution in [0.5, 0.6) is 0 Å². The fraction of sp³-hybridized carbons (Fsp3) is 0.562. The van der Waals surface area contributed by atoms with E-state index in [4.69, 9.17) is 17.3 Å². The summed E-state index contributed by atoms with van der Waals surface area (Å²) in [4.78, 5) is 12.4. The summed E-state index contributed by atoms with van der Waals surface area (Å²) in [5, 5.41) is 2.87. The number of carbonyl (C=O) groups is 1. The SMILES string of the molecule is NC1C2CCCC1CC(C(=O)Nc1ccc(Cl)c(F)c1)C2. The Kier molecular flexibility index (Phi) is 4.18. The second kappa shape index (κ2) is 5.93. The minimum absolute atomic E-state index is 0.0150. The Balaban J connectivity index is 1.67. The normalized spacial score (nSPS) is 31.8. The molecule has 2 atom stereocenters. The van der Waals surface area contributed by atoms with E-state index in [0.717, 1.165) is 25.7 Å². The molecule has 0 heterocycles. The summed E-state index contributed by atoms with van der Waals surface area (Å²) in [6, 6.07) is 4.59. The number of amides is 1. The maximum atomic E-state index is 13.4. The molecular formula is C16H20ClFN2O. The standard InChI is InChI=1S/C16H20ClFN2O/c17-13-5-4-12(8-14(13)18)20-16(21)11-6-9-2-1-3-10(7-11)15(9)19/h4-5,8-11,15H,1-3,6-7,19H2,(H,20,21). The lowest BCUT2D eigenvalue weighted by Crippen LogP contribution is -2.48. The lowest BCUT2D eigenvalue weighted by atomic mass is 9.65. The molecule has 21 heavy (non-hydrogen) atoms. The summed E-state index contributed by atoms with van der Waals surface area (Å²) in [5.74, 6) is 0.349. The van der Waals surface area contributed by atoms with Crippen LogP contribution in [-0.4, -0.2) is 11.9 Å². The van der Waals surface area contributed by atoms with Crippen LogP contribution in [0.3, 0.4) is 0 Å². The van der Waals surface area contributed by atoms with Gasteiger partial charge in [-0.2, -0.15) is 0 Å². The molecule has 2 aliphatic rings. The highest BCUT2D eigenvalue weighted by Gasteiger charge is 2.40. The lowest BCUT2D eigenvalue weighted by molar-refractivity contribution is -0.122. The Labute approximate surface area is 129 Å². The second-order valence-corrected chi connectivity index (χ2v) is 6.72. The van der Waals surface area contributed by atoms with Gasteiger partial charge in [0.1, 0.15) is 5.82 Å². The Morgan fingerprint density at radius 1 is 1.29 bits per heavy atom. The minimum Gasteiger partial charge on any atom is -0.327 e. The van der Waals surface area contributed by atoms with Crippen LogP contribution in [0.25, 0.3) is 0 Å². The number of hydrogen-bond donors (Lipinski definition) is 2. The molecule has 3 N–H and O–H groups in total. The first-order chi connectivity index (χ1) is 10.0. The van der Waals surface area contributed by atoms with Gasteiger partial charge in [-0.15, -0.1) is 0 Å². The van der Waals surface area contributed by atoms with Gasteiger partial charge in [-0.05, 0) is 55.7 Å². The van der Waals surface area contributed by atoms with E-state index < -0.39 is 5.82 Å². The Morgan fingerprint density at radius 3 is 2.57 bits per heavy atom. The average molecular weight is 311 g/mol. The zero-order chi connectivity index (χ0) is 15.0. The molecule has 0 spiro atoms. The molecule has 0 radical (unpaired) electrons. The molecule has 2 saturated carbocycles. The number of benzene rings is 1. The van der Waals surface area contributed by atoms with Crippen molar-refractivity contribution in [2.45, 2.75) is 38.1 Å². The van der Waals surface area contributed by atoms with Gasteiger partial charge in [0.2, 0.25) is 5.91 Å². The first kappa shape index (κ1) is 14.8. The maximum Gasteiger partial charge on any atom is 0.227 e. The highest BCUT2D eigenvalue weighted by Crippen LogP contribution is 2.42. The number of anilines is 1. The number of fused-ring (bicyclic) bond motifs is 2. The largest absolute Gasteiger partial charge is 0.327 e. The van der Waals surface area contributed by atoms with Crippen molar-refractivity contribution >= 4 is 23.2 Å². The van der Waals surface area contributed by atoms with Crippen LogP contribution in [0.2, 0.25) is 5.02 Å². The summed E-state index contributed by atoms with van der Waals surface area (Å²) >= 11 is 5.64. The molecular weight excluding hydrogens is 291 g/mol. The molecule has 5 heteroatoms. The zero-order valence-corrected chi connectivity index (χ0v) is 12.6. The van der Waals surface area contributed by atoms with E-state index in [1.165, 1.54) is 18.6 Å². The number of rotatable bonds is 2. The van der Waals surface area contributed by atoms with Crippen molar-refractivity contribution in [2.75, 3.05) is 5.32 Å². The van der Waals surface area contributed by atoms with E-state index in [0.29, 0.717) is 17.5 Å². The molecule has 2 unspecified atom stereocenters. The topological polar surface area (TPSA) is 55.1 Å². The molecule has 0 aromatic heterocycles. The van der Waals surface area contributed by atoms with Gasteiger partial charge in [0, 0.05) is 17.6 Å². The molecule has 0 saturated heterocycles. The van der Waals surface area contributed by atoms with Crippen LogP contribution in [0.15, 0.2) is 18.2 Å². The van der Waals surface area contributed by atoms with Gasteiger partial charge in [-0.1, -0.05) is 18.0 Å². The summed E-state index contributed by atoms with van der Waals surface area (Å²) < 4.78 is 13.4. The molecule has 3 nitrogen and oxygen atoms in total. The molecule has 2 fully saturated rings. The van der Waals surface area contributed by atoms with Crippen LogP contribution in [0.4, 0.5) is 10.1 Å². The smallest absolute Gasteiger partial charge is 0.227 e. The van der Waals surface area contributed by atoms with Gasteiger partial charge in [0.15, 0.2) is 0 Å². The first-order valence-electron chi connectivity index (χ1n) is 7.56. The number of carbonyl (C=O) groups excluding carboxylic acids is 1. The lowest BCUT2D eigenvalue weighted by Gasteiger charge is -2.43. The molecule has 2 aliphatic carbocycles. The quantitative estimate of drug-likeness (QED) is 0.877. The van der Waals surface area contributed by atoms with Crippen molar-refractivity contribution in [1.29, 1.82) is 0 Å². The average Bonchev–Trinajstić information content (AvgIpc) is 2.42. The zero-order valence-electron chi connectivity index (χ0n) is 11.8. The van der Waals surface area contributed by atoms with Gasteiger partial charge >= 0.3 is 0 Å². The van der Waals surface area contributed by atoms with Crippen molar-refractivity contribution in [3.63, 3.8) is 0 Å². The third-order valence-corrected chi connectivity index (χ3v) is 5.28. The van der Waals surface area contributed by atoms with Crippen LogP contribution in [0.1, 0.15) is 32.1 Å². The number of nitrogens with one attached hydrogen (secondary N) is 1. The van der Waals surface area contributed by atoms with E-state index >= 15 is 0 Å². The first-order valence-corrected chi connectivity index (χ1v) is 7.94. The van der Waals surface area contributed by atoms with Gasteiger partial charge in [0.05, 0.1) is 5.02 Å². The van der Waals surface area contributed by atoms with E-state index in [1.54, 1.807) is 6.07 Å². The fourth-order valence-electron chi connectivity index (χ4n) is 3.82. The fourth-order valence-corrected chi connectivity index (χ4v) is 3.94. The Bertz CT molecular complexity index is 537. The Morgan fingerprint density at radius 2 is 1.95 bits per heavy atom. The summed E-state index contributed by atoms with van der Waals surface area (Å²) in [5.41, 5.74) is 6.70. The monoisotopic (exact) mass is 310 g/mol. The second-order valence-electron chi connectivity index (χ2n) is 6.31. The Hall–Kier alpha value is -1.13. The van der Waals surface area contributed by atoms with Crippen molar-refractivity contribution < 1.29 is 9.18 Å². The van der Waals surface area contributed by atoms with Crippen LogP contribution in [0, 0.1) is 23.6 Å². The highest BCUT2D eigenvalue weighted by atomic mass is 35.5. The predicted octanol–water partition coefficient (Wildman–Crippen LogP) is 3.57. The molecule has 1 aromatic rings. The molecule has 1 amide bonds. The van der Waals surface area contributed by atoms with E-state index in [1.807, 2.05) is 0 Å². The van der Waals surface area contributed by atoms with Gasteiger partial charge in [-0.3, -0.25) is 4.79 Å². The number of hydrogen-bond acceptors (Lipinski definition) is 2. The van der Waals surface area contributed by atoms with Crippen LogP contribution in [-0.2, 0) is 4.79 Å². The van der Waals surface area contributed by atoms with Crippen molar-refractivity contribution in [3.8, 4) is 0 Å². The van der Waals surface area contributed by atoms with Crippen molar-refractivity contribution in [3.05, 3.63) is 29.0 Å². The summed E-state index contributed by atoms with van der Waals surface area (Å²) in [6.45, 7) is 0. The molecule has 114 valence electrons. The van der Waals surface area contributed by atoms with E-state index in [9.17, 15) is 9.18 Å². The van der Waals surface area contributed by atoms with E-state index in [2.05, 4.69) is 5.32 Å². The maximum absolute atomic E-state index is 13.4. The van der Waals surface area contributed by atoms with E-state index in [-0.39, 0.29) is 22.9 Å². The van der Waals surface area contributed by atoms with Gasteiger partial charge < -0.3 is 11.1 Å². The van der Waals surface area contributed by atoms with Crippen LogP contribution >= 0.6 is 11.6 Å². The molecule has 0 aliphatic heterocycles. The molecule has 2 bridgehead atoms.